The van der Waals surface area contributed by atoms with Crippen molar-refractivity contribution in [1.29, 1.82) is 0 Å². The lowest BCUT2D eigenvalue weighted by atomic mass is 10.3. The van der Waals surface area contributed by atoms with E-state index in [0.29, 0.717) is 11.9 Å². The van der Waals surface area contributed by atoms with Crippen molar-refractivity contribution in [3.05, 3.63) is 20.8 Å². The van der Waals surface area contributed by atoms with Crippen LogP contribution in [-0.4, -0.2) is 23.4 Å². The molecule has 1 aromatic rings. The van der Waals surface area contributed by atoms with E-state index in [9.17, 15) is 0 Å². The van der Waals surface area contributed by atoms with E-state index in [1.54, 1.807) is 11.3 Å². The maximum atomic E-state index is 5.76. The Bertz CT molecular complexity index is 275. The molecule has 0 unspecified atom stereocenters. The van der Waals surface area contributed by atoms with E-state index < -0.39 is 0 Å². The van der Waals surface area contributed by atoms with E-state index in [1.165, 1.54) is 9.35 Å². The predicted octanol–water partition coefficient (Wildman–Crippen LogP) is 3.96. The minimum atomic E-state index is 0.551. The number of rotatable bonds is 5. The number of alkyl halides is 1. The van der Waals surface area contributed by atoms with Gasteiger partial charge in [0.1, 0.15) is 0 Å². The van der Waals surface area contributed by atoms with Crippen LogP contribution in [-0.2, 0) is 6.54 Å². The van der Waals surface area contributed by atoms with Gasteiger partial charge in [0.15, 0.2) is 0 Å². The lowest BCUT2D eigenvalue weighted by Crippen LogP contribution is -2.31. The van der Waals surface area contributed by atoms with Crippen molar-refractivity contribution in [2.75, 3.05) is 12.4 Å². The maximum Gasteiger partial charge on any atom is 0.0351 e. The van der Waals surface area contributed by atoms with Crippen molar-refractivity contribution < 1.29 is 0 Å². The van der Waals surface area contributed by atoms with E-state index in [0.717, 1.165) is 13.1 Å². The molecule has 1 heterocycles. The third kappa shape index (κ3) is 3.89. The van der Waals surface area contributed by atoms with Gasteiger partial charge in [-0.1, -0.05) is 0 Å². The van der Waals surface area contributed by atoms with Crippen LogP contribution in [0.2, 0.25) is 0 Å². The van der Waals surface area contributed by atoms with Gasteiger partial charge in [-0.3, -0.25) is 4.90 Å². The Kier molecular flexibility index (Phi) is 5.45. The molecule has 0 saturated heterocycles. The summed E-state index contributed by atoms with van der Waals surface area (Å²) in [5.41, 5.74) is 0. The number of hydrogen-bond acceptors (Lipinski definition) is 2. The van der Waals surface area contributed by atoms with E-state index in [4.69, 9.17) is 11.6 Å². The second-order valence-corrected chi connectivity index (χ2v) is 5.77. The first-order valence-corrected chi connectivity index (χ1v) is 6.87. The normalized spacial score (nSPS) is 11.6. The molecule has 1 rings (SSSR count). The lowest BCUT2D eigenvalue weighted by molar-refractivity contribution is 0.228. The summed E-state index contributed by atoms with van der Waals surface area (Å²) in [6.07, 6.45) is 0. The topological polar surface area (TPSA) is 3.24 Å². The fourth-order valence-electron chi connectivity index (χ4n) is 1.27. The number of hydrogen-bond donors (Lipinski definition) is 0. The Morgan fingerprint density at radius 1 is 1.57 bits per heavy atom. The van der Waals surface area contributed by atoms with Crippen molar-refractivity contribution in [3.8, 4) is 0 Å². The molecule has 0 radical (unpaired) electrons. The minimum absolute atomic E-state index is 0.551. The molecule has 0 aliphatic rings. The van der Waals surface area contributed by atoms with Gasteiger partial charge in [0.25, 0.3) is 0 Å². The number of halogens is 2. The quantitative estimate of drug-likeness (QED) is 0.744. The largest absolute Gasteiger partial charge is 0.295 e. The van der Waals surface area contributed by atoms with Crippen molar-refractivity contribution in [2.45, 2.75) is 26.4 Å². The van der Waals surface area contributed by atoms with Crippen molar-refractivity contribution in [2.24, 2.45) is 0 Å². The zero-order chi connectivity index (χ0) is 10.6. The molecule has 0 aliphatic heterocycles. The fourth-order valence-corrected chi connectivity index (χ4v) is 2.96. The first-order valence-electron chi connectivity index (χ1n) is 4.66. The van der Waals surface area contributed by atoms with Crippen LogP contribution < -0.4 is 0 Å². The van der Waals surface area contributed by atoms with E-state index in [2.05, 4.69) is 46.1 Å². The second kappa shape index (κ2) is 6.11. The average molecular weight is 297 g/mol. The summed E-state index contributed by atoms with van der Waals surface area (Å²) in [7, 11) is 0. The molecule has 0 bridgehead atoms. The van der Waals surface area contributed by atoms with Crippen LogP contribution >= 0.6 is 38.9 Å². The molecule has 0 N–H and O–H groups in total. The fraction of sp³-hybridized carbons (Fsp3) is 0.600. The number of nitrogens with zero attached hydrogens (tertiary/aromatic N) is 1. The summed E-state index contributed by atoms with van der Waals surface area (Å²) in [5.74, 6) is 0.699. The minimum Gasteiger partial charge on any atom is -0.295 e. The first-order chi connectivity index (χ1) is 6.63. The first kappa shape index (κ1) is 12.5. The monoisotopic (exact) mass is 295 g/mol. The van der Waals surface area contributed by atoms with Gasteiger partial charge in [0.05, 0.1) is 0 Å². The van der Waals surface area contributed by atoms with Crippen molar-refractivity contribution in [3.63, 3.8) is 0 Å². The molecular weight excluding hydrogens is 282 g/mol. The van der Waals surface area contributed by atoms with Crippen LogP contribution in [0.5, 0.6) is 0 Å². The highest BCUT2D eigenvalue weighted by atomic mass is 79.9. The van der Waals surface area contributed by atoms with Gasteiger partial charge in [0, 0.05) is 39.7 Å². The summed E-state index contributed by atoms with van der Waals surface area (Å²) in [4.78, 5) is 3.77. The molecule has 4 heteroatoms. The zero-order valence-electron chi connectivity index (χ0n) is 8.46. The standard InChI is InChI=1S/C10H15BrClNS/c1-8(2)13(4-3-12)6-10-5-9(11)7-14-10/h5,7-8H,3-4,6H2,1-2H3. The van der Waals surface area contributed by atoms with Gasteiger partial charge in [-0.05, 0) is 35.8 Å². The molecule has 1 nitrogen and oxygen atoms in total. The highest BCUT2D eigenvalue weighted by Gasteiger charge is 2.10. The van der Waals surface area contributed by atoms with Crippen LogP contribution in [0.1, 0.15) is 18.7 Å². The molecule has 0 spiro atoms. The smallest absolute Gasteiger partial charge is 0.0351 e. The van der Waals surface area contributed by atoms with Gasteiger partial charge in [-0.2, -0.15) is 0 Å². The Morgan fingerprint density at radius 3 is 2.71 bits per heavy atom. The van der Waals surface area contributed by atoms with Crippen LogP contribution in [0.3, 0.4) is 0 Å². The molecule has 0 aromatic carbocycles. The summed E-state index contributed by atoms with van der Waals surface area (Å²) in [6.45, 7) is 6.36. The zero-order valence-corrected chi connectivity index (χ0v) is 11.6. The predicted molar refractivity (Wildman–Crippen MR) is 68.3 cm³/mol. The van der Waals surface area contributed by atoms with Crippen LogP contribution in [0, 0.1) is 0 Å². The van der Waals surface area contributed by atoms with Gasteiger partial charge in [-0.15, -0.1) is 22.9 Å². The molecule has 0 atom stereocenters. The molecular formula is C10H15BrClNS. The van der Waals surface area contributed by atoms with Crippen LogP contribution in [0.25, 0.3) is 0 Å². The number of thiophene rings is 1. The van der Waals surface area contributed by atoms with Gasteiger partial charge < -0.3 is 0 Å². The van der Waals surface area contributed by atoms with Crippen molar-refractivity contribution in [1.82, 2.24) is 4.90 Å². The molecule has 1 aromatic heterocycles. The molecule has 80 valence electrons. The maximum absolute atomic E-state index is 5.76. The third-order valence-corrected chi connectivity index (χ3v) is 3.93. The Balaban J connectivity index is 2.55. The van der Waals surface area contributed by atoms with E-state index in [1.807, 2.05) is 0 Å². The highest BCUT2D eigenvalue weighted by Crippen LogP contribution is 2.21. The van der Waals surface area contributed by atoms with Crippen LogP contribution in [0.4, 0.5) is 0 Å². The molecule has 0 fully saturated rings. The van der Waals surface area contributed by atoms with Crippen LogP contribution in [0.15, 0.2) is 15.9 Å². The Labute approximate surface area is 103 Å². The van der Waals surface area contributed by atoms with E-state index >= 15 is 0 Å². The highest BCUT2D eigenvalue weighted by molar-refractivity contribution is 9.10. The van der Waals surface area contributed by atoms with E-state index in [-0.39, 0.29) is 0 Å². The molecule has 0 amide bonds. The SMILES string of the molecule is CC(C)N(CCCl)Cc1cc(Br)cs1. The Morgan fingerprint density at radius 2 is 2.29 bits per heavy atom. The van der Waals surface area contributed by atoms with Gasteiger partial charge >= 0.3 is 0 Å². The molecule has 0 aliphatic carbocycles. The summed E-state index contributed by atoms with van der Waals surface area (Å²) in [5, 5.41) is 2.12. The third-order valence-electron chi connectivity index (χ3n) is 2.08. The lowest BCUT2D eigenvalue weighted by Gasteiger charge is -2.24. The summed E-state index contributed by atoms with van der Waals surface area (Å²) >= 11 is 11.0. The second-order valence-electron chi connectivity index (χ2n) is 3.48. The Hall–Kier alpha value is 0.430. The molecule has 14 heavy (non-hydrogen) atoms. The van der Waals surface area contributed by atoms with Gasteiger partial charge in [-0.25, -0.2) is 0 Å². The molecule has 0 saturated carbocycles. The summed E-state index contributed by atoms with van der Waals surface area (Å²) < 4.78 is 1.17. The van der Waals surface area contributed by atoms with Gasteiger partial charge in [0.2, 0.25) is 0 Å². The average Bonchev–Trinajstić information content (AvgIpc) is 2.50. The van der Waals surface area contributed by atoms with Crippen molar-refractivity contribution >= 4 is 38.9 Å². The summed E-state index contributed by atoms with van der Waals surface area (Å²) in [6, 6.07) is 2.73.